The fraction of sp³-hybridized carbons (Fsp3) is 0.172. The molecule has 2 atom stereocenters. The molecule has 1 heterocycles. The van der Waals surface area contributed by atoms with Crippen LogP contribution in [0, 0.1) is 5.82 Å². The molecule has 1 aliphatic carbocycles. The Bertz CT molecular complexity index is 1380. The molecule has 1 aliphatic heterocycles. The molecule has 0 spiro atoms. The molecule has 4 nitrogen and oxygen atoms in total. The van der Waals surface area contributed by atoms with Crippen LogP contribution < -0.4 is 10.6 Å². The SMILES string of the molecule is CC1=C(C(=O)Nc2ccccc2F)[C@H](c2ccccc2Cl)C2=C(C[C@H](c3ccccc3)CC2=O)N1. The number of hydrogen-bond donors (Lipinski definition) is 2. The van der Waals surface area contributed by atoms with Gasteiger partial charge in [0.25, 0.3) is 5.91 Å². The number of anilines is 1. The van der Waals surface area contributed by atoms with Crippen molar-refractivity contribution in [3.63, 3.8) is 0 Å². The first kappa shape index (κ1) is 23.1. The van der Waals surface area contributed by atoms with E-state index < -0.39 is 17.6 Å². The zero-order chi connectivity index (χ0) is 24.5. The van der Waals surface area contributed by atoms with Crippen LogP contribution in [-0.4, -0.2) is 11.7 Å². The van der Waals surface area contributed by atoms with E-state index >= 15 is 0 Å². The number of nitrogens with one attached hydrogen (secondary N) is 2. The molecule has 0 fully saturated rings. The van der Waals surface area contributed by atoms with E-state index in [-0.39, 0.29) is 17.4 Å². The minimum Gasteiger partial charge on any atom is -0.362 e. The van der Waals surface area contributed by atoms with Crippen LogP contribution in [0.4, 0.5) is 10.1 Å². The van der Waals surface area contributed by atoms with E-state index in [0.717, 1.165) is 11.3 Å². The standard InChI is InChI=1S/C29H24ClFN2O2/c1-17-26(29(35)33-23-14-8-7-13-22(23)31)27(20-11-5-6-12-21(20)30)28-24(32-17)15-19(16-25(28)34)18-9-3-2-4-10-18/h2-14,19,27,32H,15-16H2,1H3,(H,33,35)/t19-,27-/m0/s1. The molecule has 3 aromatic carbocycles. The Morgan fingerprint density at radius 3 is 2.40 bits per heavy atom. The van der Waals surface area contributed by atoms with E-state index in [1.165, 1.54) is 12.1 Å². The summed E-state index contributed by atoms with van der Waals surface area (Å²) < 4.78 is 14.3. The van der Waals surface area contributed by atoms with Crippen LogP contribution >= 0.6 is 11.6 Å². The zero-order valence-corrected chi connectivity index (χ0v) is 19.9. The molecule has 0 bridgehead atoms. The fourth-order valence-electron chi connectivity index (χ4n) is 5.07. The number of carbonyl (C=O) groups is 2. The lowest BCUT2D eigenvalue weighted by Crippen LogP contribution is -2.37. The van der Waals surface area contributed by atoms with E-state index in [2.05, 4.69) is 10.6 Å². The molecular formula is C29H24ClFN2O2. The summed E-state index contributed by atoms with van der Waals surface area (Å²) in [6.07, 6.45) is 0.984. The minimum absolute atomic E-state index is 0.0267. The quantitative estimate of drug-likeness (QED) is 0.443. The summed E-state index contributed by atoms with van der Waals surface area (Å²) in [6.45, 7) is 1.81. The fourth-order valence-corrected chi connectivity index (χ4v) is 5.32. The summed E-state index contributed by atoms with van der Waals surface area (Å²) in [5.74, 6) is -1.65. The third kappa shape index (κ3) is 4.40. The molecule has 3 aromatic rings. The van der Waals surface area contributed by atoms with Gasteiger partial charge in [-0.1, -0.05) is 72.3 Å². The van der Waals surface area contributed by atoms with Crippen molar-refractivity contribution >= 4 is 29.0 Å². The molecule has 5 rings (SSSR count). The highest BCUT2D eigenvalue weighted by Crippen LogP contribution is 2.47. The van der Waals surface area contributed by atoms with E-state index in [0.29, 0.717) is 40.3 Å². The number of rotatable bonds is 4. The predicted octanol–water partition coefficient (Wildman–Crippen LogP) is 6.48. The summed E-state index contributed by atoms with van der Waals surface area (Å²) >= 11 is 6.60. The smallest absolute Gasteiger partial charge is 0.254 e. The molecule has 6 heteroatoms. The lowest BCUT2D eigenvalue weighted by atomic mass is 9.71. The Morgan fingerprint density at radius 1 is 0.971 bits per heavy atom. The van der Waals surface area contributed by atoms with E-state index in [4.69, 9.17) is 11.6 Å². The lowest BCUT2D eigenvalue weighted by molar-refractivity contribution is -0.116. The number of halogens is 2. The van der Waals surface area contributed by atoms with Crippen LogP contribution in [0.3, 0.4) is 0 Å². The van der Waals surface area contributed by atoms with E-state index in [1.807, 2.05) is 48.5 Å². The molecule has 0 aromatic heterocycles. The van der Waals surface area contributed by atoms with E-state index in [9.17, 15) is 14.0 Å². The maximum absolute atomic E-state index is 14.3. The number of benzene rings is 3. The highest BCUT2D eigenvalue weighted by atomic mass is 35.5. The van der Waals surface area contributed by atoms with Crippen LogP contribution in [-0.2, 0) is 9.59 Å². The summed E-state index contributed by atoms with van der Waals surface area (Å²) in [5, 5.41) is 6.49. The lowest BCUT2D eigenvalue weighted by Gasteiger charge is -2.37. The summed E-state index contributed by atoms with van der Waals surface area (Å²) in [4.78, 5) is 27.2. The average Bonchev–Trinajstić information content (AvgIpc) is 2.85. The molecule has 35 heavy (non-hydrogen) atoms. The van der Waals surface area contributed by atoms with Crippen LogP contribution in [0.5, 0.6) is 0 Å². The van der Waals surface area contributed by atoms with Gasteiger partial charge in [0, 0.05) is 39.9 Å². The van der Waals surface area contributed by atoms with Crippen molar-refractivity contribution in [1.82, 2.24) is 5.32 Å². The average molecular weight is 487 g/mol. The molecule has 0 unspecified atom stereocenters. The Labute approximate surface area is 208 Å². The number of ketones is 1. The Kier molecular flexibility index (Phi) is 6.27. The number of carbonyl (C=O) groups excluding carboxylic acids is 2. The monoisotopic (exact) mass is 486 g/mol. The maximum atomic E-state index is 14.3. The van der Waals surface area contributed by atoms with Crippen molar-refractivity contribution in [3.05, 3.63) is 123 Å². The molecule has 0 radical (unpaired) electrons. The topological polar surface area (TPSA) is 58.2 Å². The third-order valence-corrected chi connectivity index (χ3v) is 7.03. The van der Waals surface area contributed by atoms with Crippen molar-refractivity contribution in [2.24, 2.45) is 0 Å². The molecule has 176 valence electrons. The number of amides is 1. The second kappa shape index (κ2) is 9.51. The van der Waals surface area contributed by atoms with Gasteiger partial charge in [-0.3, -0.25) is 9.59 Å². The van der Waals surface area contributed by atoms with Gasteiger partial charge in [-0.05, 0) is 48.6 Å². The van der Waals surface area contributed by atoms with Crippen molar-refractivity contribution in [2.45, 2.75) is 31.6 Å². The normalized spacial score (nSPS) is 19.8. The maximum Gasteiger partial charge on any atom is 0.254 e. The summed E-state index contributed by atoms with van der Waals surface area (Å²) in [7, 11) is 0. The highest BCUT2D eigenvalue weighted by Gasteiger charge is 2.41. The van der Waals surface area contributed by atoms with Gasteiger partial charge < -0.3 is 10.6 Å². The molecule has 0 saturated carbocycles. The van der Waals surface area contributed by atoms with Crippen LogP contribution in [0.1, 0.15) is 42.7 Å². The van der Waals surface area contributed by atoms with Gasteiger partial charge in [0.15, 0.2) is 5.78 Å². The Morgan fingerprint density at radius 2 is 1.66 bits per heavy atom. The summed E-state index contributed by atoms with van der Waals surface area (Å²) in [5.41, 5.74) is 4.18. The molecule has 2 aliphatic rings. The second-order valence-corrected chi connectivity index (χ2v) is 9.29. The van der Waals surface area contributed by atoms with Gasteiger partial charge in [0.1, 0.15) is 5.82 Å². The summed E-state index contributed by atoms with van der Waals surface area (Å²) in [6, 6.07) is 23.2. The highest BCUT2D eigenvalue weighted by molar-refractivity contribution is 6.31. The van der Waals surface area contributed by atoms with Crippen molar-refractivity contribution < 1.29 is 14.0 Å². The Balaban J connectivity index is 1.59. The number of Topliss-reactive ketones (excluding diaryl/α,β-unsaturated/α-hetero) is 1. The van der Waals surface area contributed by atoms with Crippen molar-refractivity contribution in [1.29, 1.82) is 0 Å². The van der Waals surface area contributed by atoms with Crippen molar-refractivity contribution in [2.75, 3.05) is 5.32 Å². The number of para-hydroxylation sites is 1. The van der Waals surface area contributed by atoms with Gasteiger partial charge in [-0.2, -0.15) is 0 Å². The van der Waals surface area contributed by atoms with E-state index in [1.54, 1.807) is 25.1 Å². The number of hydrogen-bond acceptors (Lipinski definition) is 3. The molecule has 2 N–H and O–H groups in total. The van der Waals surface area contributed by atoms with Crippen molar-refractivity contribution in [3.8, 4) is 0 Å². The van der Waals surface area contributed by atoms with Gasteiger partial charge in [0.05, 0.1) is 5.69 Å². The number of allylic oxidation sites excluding steroid dienone is 3. The third-order valence-electron chi connectivity index (χ3n) is 6.68. The predicted molar refractivity (Wildman–Crippen MR) is 136 cm³/mol. The van der Waals surface area contributed by atoms with Gasteiger partial charge in [-0.15, -0.1) is 0 Å². The van der Waals surface area contributed by atoms with Crippen LogP contribution in [0.25, 0.3) is 0 Å². The molecule has 1 amide bonds. The first-order valence-corrected chi connectivity index (χ1v) is 11.9. The first-order valence-electron chi connectivity index (χ1n) is 11.5. The zero-order valence-electron chi connectivity index (χ0n) is 19.1. The van der Waals surface area contributed by atoms with Gasteiger partial charge >= 0.3 is 0 Å². The molecular weight excluding hydrogens is 463 g/mol. The largest absolute Gasteiger partial charge is 0.362 e. The van der Waals surface area contributed by atoms with Gasteiger partial charge in [-0.25, -0.2) is 4.39 Å². The number of dihydropyridines is 1. The first-order chi connectivity index (χ1) is 16.9. The minimum atomic E-state index is -0.657. The Hall–Kier alpha value is -3.70. The second-order valence-electron chi connectivity index (χ2n) is 8.88. The van der Waals surface area contributed by atoms with Crippen LogP contribution in [0.2, 0.25) is 5.02 Å². The van der Waals surface area contributed by atoms with Crippen LogP contribution in [0.15, 0.2) is 101 Å². The molecule has 0 saturated heterocycles. The van der Waals surface area contributed by atoms with Gasteiger partial charge in [0.2, 0.25) is 0 Å².